The molecule has 6 nitrogen and oxygen atoms in total. The highest BCUT2D eigenvalue weighted by Gasteiger charge is 2.16. The van der Waals surface area contributed by atoms with E-state index < -0.39 is 0 Å². The molecule has 0 amide bonds. The lowest BCUT2D eigenvalue weighted by Gasteiger charge is -2.33. The van der Waals surface area contributed by atoms with Crippen LogP contribution in [-0.4, -0.2) is 53.1 Å². The number of rotatable bonds is 3. The van der Waals surface area contributed by atoms with Gasteiger partial charge >= 0.3 is 0 Å². The fourth-order valence-corrected chi connectivity index (χ4v) is 2.50. The van der Waals surface area contributed by atoms with Crippen LogP contribution in [0.1, 0.15) is 11.3 Å². The molecular weight excluding hydrogens is 264 g/mol. The SMILES string of the molecule is CN1CCN(c2cc(Cc3ccncc3)nc(N)n2)CC1. The highest BCUT2D eigenvalue weighted by atomic mass is 15.3. The fourth-order valence-electron chi connectivity index (χ4n) is 2.50. The predicted molar refractivity (Wildman–Crippen MR) is 83.2 cm³/mol. The predicted octanol–water partition coefficient (Wildman–Crippen LogP) is 0.796. The zero-order valence-corrected chi connectivity index (χ0v) is 12.2. The number of nitrogen functional groups attached to an aromatic ring is 1. The molecule has 0 spiro atoms. The number of pyridine rings is 1. The zero-order chi connectivity index (χ0) is 14.7. The lowest BCUT2D eigenvalue weighted by atomic mass is 10.1. The molecule has 0 unspecified atom stereocenters. The molecule has 2 N–H and O–H groups in total. The van der Waals surface area contributed by atoms with Crippen LogP contribution in [0.2, 0.25) is 0 Å². The van der Waals surface area contributed by atoms with E-state index in [4.69, 9.17) is 5.73 Å². The monoisotopic (exact) mass is 284 g/mol. The van der Waals surface area contributed by atoms with Crippen molar-refractivity contribution in [3.63, 3.8) is 0 Å². The second kappa shape index (κ2) is 6.05. The van der Waals surface area contributed by atoms with E-state index in [1.165, 1.54) is 5.56 Å². The molecule has 0 aromatic carbocycles. The van der Waals surface area contributed by atoms with Gasteiger partial charge in [-0.05, 0) is 24.7 Å². The molecule has 0 aliphatic carbocycles. The van der Waals surface area contributed by atoms with Crippen LogP contribution in [0.15, 0.2) is 30.6 Å². The number of likely N-dealkylation sites (N-methyl/N-ethyl adjacent to an activating group) is 1. The van der Waals surface area contributed by atoms with Crippen molar-refractivity contribution in [2.75, 3.05) is 43.9 Å². The number of nitrogens with two attached hydrogens (primary N) is 1. The van der Waals surface area contributed by atoms with Crippen molar-refractivity contribution in [3.8, 4) is 0 Å². The van der Waals surface area contributed by atoms with Gasteiger partial charge in [0, 0.05) is 51.1 Å². The van der Waals surface area contributed by atoms with Crippen molar-refractivity contribution in [3.05, 3.63) is 41.9 Å². The first-order valence-corrected chi connectivity index (χ1v) is 7.16. The molecule has 1 aliphatic rings. The minimum Gasteiger partial charge on any atom is -0.368 e. The average Bonchev–Trinajstić information content (AvgIpc) is 2.48. The summed E-state index contributed by atoms with van der Waals surface area (Å²) in [4.78, 5) is 17.4. The largest absolute Gasteiger partial charge is 0.368 e. The minimum atomic E-state index is 0.343. The highest BCUT2D eigenvalue weighted by molar-refractivity contribution is 5.44. The fraction of sp³-hybridized carbons (Fsp3) is 0.400. The van der Waals surface area contributed by atoms with Gasteiger partial charge in [0.1, 0.15) is 5.82 Å². The summed E-state index contributed by atoms with van der Waals surface area (Å²) >= 11 is 0. The van der Waals surface area contributed by atoms with Gasteiger partial charge in [0.15, 0.2) is 0 Å². The van der Waals surface area contributed by atoms with E-state index in [9.17, 15) is 0 Å². The Labute approximate surface area is 124 Å². The maximum atomic E-state index is 5.88. The summed E-state index contributed by atoms with van der Waals surface area (Å²) in [5.41, 5.74) is 8.00. The zero-order valence-electron chi connectivity index (χ0n) is 12.2. The van der Waals surface area contributed by atoms with Crippen molar-refractivity contribution in [2.24, 2.45) is 0 Å². The van der Waals surface area contributed by atoms with Gasteiger partial charge in [0.2, 0.25) is 5.95 Å². The van der Waals surface area contributed by atoms with Gasteiger partial charge in [-0.25, -0.2) is 4.98 Å². The number of nitrogens with zero attached hydrogens (tertiary/aromatic N) is 5. The Morgan fingerprint density at radius 2 is 1.81 bits per heavy atom. The van der Waals surface area contributed by atoms with Crippen LogP contribution < -0.4 is 10.6 Å². The first kappa shape index (κ1) is 13.8. The summed E-state index contributed by atoms with van der Waals surface area (Å²) < 4.78 is 0. The van der Waals surface area contributed by atoms with Gasteiger partial charge in [-0.3, -0.25) is 4.98 Å². The first-order chi connectivity index (χ1) is 10.2. The number of anilines is 2. The Hall–Kier alpha value is -2.21. The minimum absolute atomic E-state index is 0.343. The van der Waals surface area contributed by atoms with Crippen molar-refractivity contribution in [1.82, 2.24) is 19.9 Å². The summed E-state index contributed by atoms with van der Waals surface area (Å²) in [6.07, 6.45) is 4.33. The van der Waals surface area contributed by atoms with Crippen molar-refractivity contribution in [1.29, 1.82) is 0 Å². The highest BCUT2D eigenvalue weighted by Crippen LogP contribution is 2.17. The lowest BCUT2D eigenvalue weighted by Crippen LogP contribution is -2.44. The smallest absolute Gasteiger partial charge is 0.222 e. The second-order valence-electron chi connectivity index (χ2n) is 5.40. The van der Waals surface area contributed by atoms with Crippen molar-refractivity contribution >= 4 is 11.8 Å². The molecule has 21 heavy (non-hydrogen) atoms. The maximum Gasteiger partial charge on any atom is 0.222 e. The van der Waals surface area contributed by atoms with Crippen LogP contribution in [0.5, 0.6) is 0 Å². The molecule has 110 valence electrons. The normalized spacial score (nSPS) is 16.1. The van der Waals surface area contributed by atoms with Gasteiger partial charge in [0.25, 0.3) is 0 Å². The number of hydrogen-bond acceptors (Lipinski definition) is 6. The molecule has 0 atom stereocenters. The third kappa shape index (κ3) is 3.46. The summed E-state index contributed by atoms with van der Waals surface area (Å²) in [5.74, 6) is 1.27. The maximum absolute atomic E-state index is 5.88. The molecule has 1 aliphatic heterocycles. The molecule has 2 aromatic heterocycles. The van der Waals surface area contributed by atoms with E-state index in [0.717, 1.165) is 44.1 Å². The Kier molecular flexibility index (Phi) is 3.96. The molecule has 1 fully saturated rings. The summed E-state index contributed by atoms with van der Waals surface area (Å²) in [6, 6.07) is 6.03. The van der Waals surface area contributed by atoms with Crippen molar-refractivity contribution < 1.29 is 0 Å². The van der Waals surface area contributed by atoms with E-state index in [0.29, 0.717) is 5.95 Å². The van der Waals surface area contributed by atoms with E-state index >= 15 is 0 Å². The molecule has 3 heterocycles. The molecule has 0 saturated carbocycles. The summed E-state index contributed by atoms with van der Waals surface area (Å²) in [7, 11) is 2.14. The second-order valence-corrected chi connectivity index (χ2v) is 5.40. The molecular formula is C15H20N6. The van der Waals surface area contributed by atoms with Gasteiger partial charge in [0.05, 0.1) is 5.69 Å². The number of hydrogen-bond donors (Lipinski definition) is 1. The Balaban J connectivity index is 1.79. The van der Waals surface area contributed by atoms with Gasteiger partial charge < -0.3 is 15.5 Å². The van der Waals surface area contributed by atoms with Crippen LogP contribution in [0.25, 0.3) is 0 Å². The van der Waals surface area contributed by atoms with E-state index in [1.807, 2.05) is 18.2 Å². The van der Waals surface area contributed by atoms with E-state index in [-0.39, 0.29) is 0 Å². The lowest BCUT2D eigenvalue weighted by molar-refractivity contribution is 0.312. The summed E-state index contributed by atoms with van der Waals surface area (Å²) in [5, 5.41) is 0. The standard InChI is InChI=1S/C15H20N6/c1-20-6-8-21(9-7-20)14-11-13(18-15(16)19-14)10-12-2-4-17-5-3-12/h2-5,11H,6-10H2,1H3,(H2,16,18,19). The molecule has 2 aromatic rings. The Bertz CT molecular complexity index is 592. The van der Waals surface area contributed by atoms with Gasteiger partial charge in [-0.2, -0.15) is 4.98 Å². The van der Waals surface area contributed by atoms with Crippen LogP contribution >= 0.6 is 0 Å². The Morgan fingerprint density at radius 3 is 2.52 bits per heavy atom. The average molecular weight is 284 g/mol. The quantitative estimate of drug-likeness (QED) is 0.899. The van der Waals surface area contributed by atoms with Crippen molar-refractivity contribution in [2.45, 2.75) is 6.42 Å². The van der Waals surface area contributed by atoms with Gasteiger partial charge in [-0.1, -0.05) is 0 Å². The number of piperazine rings is 1. The first-order valence-electron chi connectivity index (χ1n) is 7.16. The van der Waals surface area contributed by atoms with Crippen LogP contribution in [-0.2, 0) is 6.42 Å². The van der Waals surface area contributed by atoms with Crippen LogP contribution in [0, 0.1) is 0 Å². The molecule has 1 saturated heterocycles. The molecule has 0 radical (unpaired) electrons. The topological polar surface area (TPSA) is 71.2 Å². The molecule has 6 heteroatoms. The third-order valence-corrected chi connectivity index (χ3v) is 3.74. The third-order valence-electron chi connectivity index (χ3n) is 3.74. The van der Waals surface area contributed by atoms with E-state index in [2.05, 4.69) is 31.8 Å². The molecule has 3 rings (SSSR count). The van der Waals surface area contributed by atoms with E-state index in [1.54, 1.807) is 12.4 Å². The van der Waals surface area contributed by atoms with Crippen LogP contribution in [0.4, 0.5) is 11.8 Å². The summed E-state index contributed by atoms with van der Waals surface area (Å²) in [6.45, 7) is 4.04. The van der Waals surface area contributed by atoms with Gasteiger partial charge in [-0.15, -0.1) is 0 Å². The number of aromatic nitrogens is 3. The molecule has 0 bridgehead atoms. The van der Waals surface area contributed by atoms with Crippen LogP contribution in [0.3, 0.4) is 0 Å². The Morgan fingerprint density at radius 1 is 1.10 bits per heavy atom.